The van der Waals surface area contributed by atoms with Crippen LogP contribution in [0.1, 0.15) is 57.4 Å². The highest BCUT2D eigenvalue weighted by Gasteiger charge is 1.96. The van der Waals surface area contributed by atoms with Gasteiger partial charge in [-0.2, -0.15) is 0 Å². The zero-order valence-electron chi connectivity index (χ0n) is 13.2. The van der Waals surface area contributed by atoms with Gasteiger partial charge in [0.05, 0.1) is 7.11 Å². The molecule has 1 aromatic rings. The molecule has 0 aliphatic heterocycles. The summed E-state index contributed by atoms with van der Waals surface area (Å²) >= 11 is 0. The molecular weight excluding hydrogens is 248 g/mol. The third-order valence-electron chi connectivity index (χ3n) is 3.56. The van der Waals surface area contributed by atoms with Crippen molar-refractivity contribution in [1.29, 1.82) is 0 Å². The van der Waals surface area contributed by atoms with Crippen molar-refractivity contribution in [3.05, 3.63) is 29.8 Å². The summed E-state index contributed by atoms with van der Waals surface area (Å²) in [6, 6.07) is 8.35. The van der Waals surface area contributed by atoms with Crippen LogP contribution in [0.5, 0.6) is 5.75 Å². The van der Waals surface area contributed by atoms with Gasteiger partial charge in [0.15, 0.2) is 0 Å². The molecule has 0 bridgehead atoms. The molecule has 0 atom stereocenters. The van der Waals surface area contributed by atoms with E-state index in [1.54, 1.807) is 7.11 Å². The van der Waals surface area contributed by atoms with Gasteiger partial charge in [0.25, 0.3) is 0 Å². The van der Waals surface area contributed by atoms with E-state index in [4.69, 9.17) is 9.47 Å². The third kappa shape index (κ3) is 8.21. The second-order valence-corrected chi connectivity index (χ2v) is 5.33. The minimum atomic E-state index is 0.907. The van der Waals surface area contributed by atoms with E-state index < -0.39 is 0 Å². The number of rotatable bonds is 12. The Balaban J connectivity index is 1.91. The van der Waals surface area contributed by atoms with Crippen molar-refractivity contribution in [1.82, 2.24) is 0 Å². The Morgan fingerprint density at radius 3 is 2.10 bits per heavy atom. The first-order valence-electron chi connectivity index (χ1n) is 8.07. The summed E-state index contributed by atoms with van der Waals surface area (Å²) in [4.78, 5) is 0. The van der Waals surface area contributed by atoms with Crippen LogP contribution in [0, 0.1) is 0 Å². The van der Waals surface area contributed by atoms with Crippen molar-refractivity contribution in [2.45, 2.75) is 58.3 Å². The molecule has 20 heavy (non-hydrogen) atoms. The summed E-state index contributed by atoms with van der Waals surface area (Å²) in [6.07, 6.45) is 10.1. The summed E-state index contributed by atoms with van der Waals surface area (Å²) in [7, 11) is 1.70. The van der Waals surface area contributed by atoms with E-state index in [0.717, 1.165) is 31.8 Å². The van der Waals surface area contributed by atoms with E-state index in [1.807, 2.05) is 12.1 Å². The fraction of sp³-hybridized carbons (Fsp3) is 0.667. The molecule has 0 saturated heterocycles. The molecule has 1 aromatic carbocycles. The molecule has 0 saturated carbocycles. The van der Waals surface area contributed by atoms with Crippen molar-refractivity contribution in [2.24, 2.45) is 0 Å². The number of unbranched alkanes of at least 4 members (excludes halogenated alkanes) is 5. The lowest BCUT2D eigenvalue weighted by molar-refractivity contribution is 0.126. The van der Waals surface area contributed by atoms with Gasteiger partial charge in [0.2, 0.25) is 0 Å². The van der Waals surface area contributed by atoms with Gasteiger partial charge in [-0.25, -0.2) is 0 Å². The monoisotopic (exact) mass is 278 g/mol. The molecule has 0 aromatic heterocycles. The smallest absolute Gasteiger partial charge is 0.118 e. The van der Waals surface area contributed by atoms with Gasteiger partial charge in [-0.05, 0) is 43.4 Å². The van der Waals surface area contributed by atoms with Crippen LogP contribution in [-0.2, 0) is 11.2 Å². The van der Waals surface area contributed by atoms with Crippen LogP contribution in [0.4, 0.5) is 0 Å². The first-order chi connectivity index (χ1) is 9.86. The Morgan fingerprint density at radius 1 is 0.800 bits per heavy atom. The Kier molecular flexibility index (Phi) is 10.0. The highest BCUT2D eigenvalue weighted by atomic mass is 16.5. The molecule has 0 unspecified atom stereocenters. The van der Waals surface area contributed by atoms with E-state index in [2.05, 4.69) is 19.1 Å². The predicted molar refractivity (Wildman–Crippen MR) is 85.5 cm³/mol. The summed E-state index contributed by atoms with van der Waals surface area (Å²) in [5.74, 6) is 0.931. The summed E-state index contributed by atoms with van der Waals surface area (Å²) in [5, 5.41) is 0. The molecule has 0 heterocycles. The average Bonchev–Trinajstić information content (AvgIpc) is 2.50. The lowest BCUT2D eigenvalue weighted by Gasteiger charge is -2.05. The molecule has 0 aliphatic carbocycles. The second kappa shape index (κ2) is 11.8. The number of hydrogen-bond acceptors (Lipinski definition) is 2. The van der Waals surface area contributed by atoms with Gasteiger partial charge in [-0.15, -0.1) is 0 Å². The second-order valence-electron chi connectivity index (χ2n) is 5.33. The molecular formula is C18H30O2. The minimum Gasteiger partial charge on any atom is -0.497 e. The van der Waals surface area contributed by atoms with Crippen LogP contribution >= 0.6 is 0 Å². The topological polar surface area (TPSA) is 18.5 Å². The van der Waals surface area contributed by atoms with Crippen LogP contribution in [0.15, 0.2) is 24.3 Å². The Bertz CT molecular complexity index is 319. The number of hydrogen-bond donors (Lipinski definition) is 0. The van der Waals surface area contributed by atoms with Gasteiger partial charge in [0.1, 0.15) is 5.75 Å². The molecule has 114 valence electrons. The molecule has 2 nitrogen and oxygen atoms in total. The van der Waals surface area contributed by atoms with Crippen molar-refractivity contribution in [3.8, 4) is 5.75 Å². The lowest BCUT2D eigenvalue weighted by atomic mass is 10.1. The van der Waals surface area contributed by atoms with E-state index >= 15 is 0 Å². The molecule has 0 N–H and O–H groups in total. The third-order valence-corrected chi connectivity index (χ3v) is 3.56. The first-order valence-corrected chi connectivity index (χ1v) is 8.07. The van der Waals surface area contributed by atoms with E-state index in [-0.39, 0.29) is 0 Å². The van der Waals surface area contributed by atoms with E-state index in [1.165, 1.54) is 44.1 Å². The van der Waals surface area contributed by atoms with Gasteiger partial charge in [0, 0.05) is 13.2 Å². The van der Waals surface area contributed by atoms with Gasteiger partial charge < -0.3 is 9.47 Å². The minimum absolute atomic E-state index is 0.907. The molecule has 0 amide bonds. The molecule has 2 heteroatoms. The molecule has 1 rings (SSSR count). The fourth-order valence-electron chi connectivity index (χ4n) is 2.24. The summed E-state index contributed by atoms with van der Waals surface area (Å²) in [5.41, 5.74) is 1.38. The summed E-state index contributed by atoms with van der Waals surface area (Å²) < 4.78 is 10.8. The van der Waals surface area contributed by atoms with Gasteiger partial charge in [-0.3, -0.25) is 0 Å². The summed E-state index contributed by atoms with van der Waals surface area (Å²) in [6.45, 7) is 4.09. The van der Waals surface area contributed by atoms with E-state index in [0.29, 0.717) is 0 Å². The quantitative estimate of drug-likeness (QED) is 0.501. The number of ether oxygens (including phenoxy) is 2. The largest absolute Gasteiger partial charge is 0.497 e. The Labute approximate surface area is 124 Å². The standard InChI is InChI=1S/C18H30O2/c1-3-4-5-6-8-15-20-16-9-7-10-17-11-13-18(19-2)14-12-17/h11-14H,3-10,15-16H2,1-2H3. The average molecular weight is 278 g/mol. The Morgan fingerprint density at radius 2 is 1.45 bits per heavy atom. The zero-order chi connectivity index (χ0) is 14.5. The SMILES string of the molecule is CCCCCCCOCCCCc1ccc(OC)cc1. The maximum atomic E-state index is 5.67. The zero-order valence-corrected chi connectivity index (χ0v) is 13.2. The number of benzene rings is 1. The molecule has 0 spiro atoms. The van der Waals surface area contributed by atoms with Crippen LogP contribution in [-0.4, -0.2) is 20.3 Å². The fourth-order valence-corrected chi connectivity index (χ4v) is 2.24. The maximum absolute atomic E-state index is 5.67. The molecule has 0 aliphatic rings. The maximum Gasteiger partial charge on any atom is 0.118 e. The van der Waals surface area contributed by atoms with Crippen LogP contribution in [0.25, 0.3) is 0 Å². The normalized spacial score (nSPS) is 10.7. The first kappa shape index (κ1) is 17.0. The van der Waals surface area contributed by atoms with Crippen LogP contribution in [0.2, 0.25) is 0 Å². The number of methoxy groups -OCH3 is 1. The lowest BCUT2D eigenvalue weighted by Crippen LogP contribution is -1.98. The van der Waals surface area contributed by atoms with Gasteiger partial charge >= 0.3 is 0 Å². The van der Waals surface area contributed by atoms with Crippen LogP contribution in [0.3, 0.4) is 0 Å². The highest BCUT2D eigenvalue weighted by Crippen LogP contribution is 2.13. The van der Waals surface area contributed by atoms with Crippen LogP contribution < -0.4 is 4.74 Å². The predicted octanol–water partition coefficient (Wildman–Crippen LogP) is 5.00. The Hall–Kier alpha value is -1.02. The van der Waals surface area contributed by atoms with E-state index in [9.17, 15) is 0 Å². The van der Waals surface area contributed by atoms with Gasteiger partial charge in [-0.1, -0.05) is 44.7 Å². The molecule has 0 fully saturated rings. The highest BCUT2D eigenvalue weighted by molar-refractivity contribution is 5.27. The van der Waals surface area contributed by atoms with Crippen molar-refractivity contribution in [2.75, 3.05) is 20.3 Å². The van der Waals surface area contributed by atoms with Crippen molar-refractivity contribution in [3.63, 3.8) is 0 Å². The number of aryl methyl sites for hydroxylation is 1. The molecule has 0 radical (unpaired) electrons. The van der Waals surface area contributed by atoms with Crippen molar-refractivity contribution < 1.29 is 9.47 Å². The van der Waals surface area contributed by atoms with Crippen molar-refractivity contribution >= 4 is 0 Å².